The van der Waals surface area contributed by atoms with Crippen LogP contribution in [0.25, 0.3) is 11.0 Å². The first-order valence-corrected chi connectivity index (χ1v) is 12.5. The number of nitrogens with one attached hydrogen (secondary N) is 1. The second kappa shape index (κ2) is 8.66. The van der Waals surface area contributed by atoms with E-state index in [4.69, 9.17) is 25.6 Å². The molecule has 34 heavy (non-hydrogen) atoms. The van der Waals surface area contributed by atoms with Crippen LogP contribution < -0.4 is 15.6 Å². The van der Waals surface area contributed by atoms with E-state index >= 15 is 0 Å². The van der Waals surface area contributed by atoms with Gasteiger partial charge in [-0.15, -0.1) is 0 Å². The molecule has 1 aromatic heterocycles. The van der Waals surface area contributed by atoms with Gasteiger partial charge in [-0.05, 0) is 98.3 Å². The summed E-state index contributed by atoms with van der Waals surface area (Å²) in [6, 6.07) is 11.1. The molecule has 7 heteroatoms. The van der Waals surface area contributed by atoms with Crippen molar-refractivity contribution in [2.45, 2.75) is 69.8 Å². The standard InChI is InChI=1S/C27H27ClN2O4/c28-18-6-4-7-19(15-18)29-26(31)34-30-25-21-9-5-8-20(21)22-14-17-10-13-27(11-2-1-3-12-27)33-23(17)16-24(22)32-25/h4,6-7,14-16H,1-3,5,8-13H2,(H,29,31). The lowest BCUT2D eigenvalue weighted by atomic mass is 9.79. The Bertz CT molecular complexity index is 1340. The third kappa shape index (κ3) is 4.05. The van der Waals surface area contributed by atoms with Gasteiger partial charge in [-0.1, -0.05) is 24.1 Å². The minimum Gasteiger partial charge on any atom is -0.487 e. The number of hydrogen-bond acceptors (Lipinski definition) is 5. The van der Waals surface area contributed by atoms with Crippen LogP contribution in [0.3, 0.4) is 0 Å². The molecule has 0 unspecified atom stereocenters. The number of aryl methyl sites for hydroxylation is 2. The lowest BCUT2D eigenvalue weighted by Gasteiger charge is -2.41. The Labute approximate surface area is 202 Å². The molecule has 1 saturated carbocycles. The molecule has 176 valence electrons. The van der Waals surface area contributed by atoms with Gasteiger partial charge in [0.05, 0.1) is 0 Å². The van der Waals surface area contributed by atoms with Crippen LogP contribution in [0.2, 0.25) is 5.02 Å². The number of nitrogens with zero attached hydrogens (tertiary/aromatic N) is 1. The Morgan fingerprint density at radius 2 is 1.85 bits per heavy atom. The van der Waals surface area contributed by atoms with E-state index in [0.29, 0.717) is 16.3 Å². The molecular weight excluding hydrogens is 452 g/mol. The smallest absolute Gasteiger partial charge is 0.437 e. The fourth-order valence-corrected chi connectivity index (χ4v) is 5.91. The van der Waals surface area contributed by atoms with Crippen LogP contribution in [-0.4, -0.2) is 11.7 Å². The maximum absolute atomic E-state index is 12.3. The van der Waals surface area contributed by atoms with E-state index in [2.05, 4.69) is 16.5 Å². The molecule has 2 aliphatic carbocycles. The maximum atomic E-state index is 12.3. The number of rotatable bonds is 2. The number of carbonyl (C=O) groups is 1. The molecule has 2 aromatic carbocycles. The summed E-state index contributed by atoms with van der Waals surface area (Å²) in [6.45, 7) is 0. The Morgan fingerprint density at radius 3 is 2.71 bits per heavy atom. The van der Waals surface area contributed by atoms with E-state index in [1.54, 1.807) is 24.3 Å². The van der Waals surface area contributed by atoms with Crippen LogP contribution in [0, 0.1) is 0 Å². The van der Waals surface area contributed by atoms with E-state index in [9.17, 15) is 4.79 Å². The van der Waals surface area contributed by atoms with Gasteiger partial charge < -0.3 is 9.15 Å². The molecule has 0 bridgehead atoms. The summed E-state index contributed by atoms with van der Waals surface area (Å²) in [5.74, 6) is 0.924. The first-order chi connectivity index (χ1) is 16.6. The van der Waals surface area contributed by atoms with Gasteiger partial charge in [0.1, 0.15) is 16.9 Å². The van der Waals surface area contributed by atoms with Crippen molar-refractivity contribution in [3.63, 3.8) is 0 Å². The first kappa shape index (κ1) is 21.5. The van der Waals surface area contributed by atoms with Gasteiger partial charge in [-0.2, -0.15) is 0 Å². The van der Waals surface area contributed by atoms with E-state index in [-0.39, 0.29) is 5.60 Å². The predicted octanol–water partition coefficient (Wildman–Crippen LogP) is 6.67. The summed E-state index contributed by atoms with van der Waals surface area (Å²) in [7, 11) is 0. The van der Waals surface area contributed by atoms with Gasteiger partial charge in [-0.3, -0.25) is 10.2 Å². The second-order valence-electron chi connectivity index (χ2n) is 9.63. The van der Waals surface area contributed by atoms with E-state index in [1.807, 2.05) is 6.07 Å². The highest BCUT2D eigenvalue weighted by Crippen LogP contribution is 2.43. The average Bonchev–Trinajstić information content (AvgIpc) is 3.32. The van der Waals surface area contributed by atoms with Crippen LogP contribution in [0.15, 0.2) is 46.0 Å². The highest BCUT2D eigenvalue weighted by molar-refractivity contribution is 6.30. The largest absolute Gasteiger partial charge is 0.487 e. The lowest BCUT2D eigenvalue weighted by molar-refractivity contribution is 0.0109. The third-order valence-electron chi connectivity index (χ3n) is 7.39. The Hall–Kier alpha value is -2.99. The molecular formula is C27H27ClN2O4. The molecule has 1 aliphatic heterocycles. The Balaban J connectivity index is 1.32. The van der Waals surface area contributed by atoms with E-state index in [1.165, 1.54) is 30.4 Å². The van der Waals surface area contributed by atoms with Crippen molar-refractivity contribution in [3.05, 3.63) is 63.7 Å². The Morgan fingerprint density at radius 1 is 1.00 bits per heavy atom. The van der Waals surface area contributed by atoms with Crippen LogP contribution in [0.4, 0.5) is 10.5 Å². The monoisotopic (exact) mass is 478 g/mol. The number of carbonyl (C=O) groups excluding carboxylic acids is 1. The summed E-state index contributed by atoms with van der Waals surface area (Å²) in [6.07, 6.45) is 10.3. The Kier molecular flexibility index (Phi) is 5.48. The zero-order valence-corrected chi connectivity index (χ0v) is 19.7. The van der Waals surface area contributed by atoms with E-state index < -0.39 is 6.09 Å². The molecule has 0 atom stereocenters. The van der Waals surface area contributed by atoms with Gasteiger partial charge in [-0.25, -0.2) is 4.79 Å². The molecule has 6 nitrogen and oxygen atoms in total. The van der Waals surface area contributed by atoms with Crippen molar-refractivity contribution in [2.24, 2.45) is 5.16 Å². The average molecular weight is 479 g/mol. The van der Waals surface area contributed by atoms with Crippen molar-refractivity contribution in [1.82, 2.24) is 0 Å². The van der Waals surface area contributed by atoms with E-state index in [0.717, 1.165) is 67.2 Å². The third-order valence-corrected chi connectivity index (χ3v) is 7.63. The quantitative estimate of drug-likeness (QED) is 0.330. The summed E-state index contributed by atoms with van der Waals surface area (Å²) in [5.41, 5.74) is 5.10. The zero-order chi connectivity index (χ0) is 23.1. The van der Waals surface area contributed by atoms with Crippen molar-refractivity contribution in [1.29, 1.82) is 0 Å². The van der Waals surface area contributed by atoms with Crippen molar-refractivity contribution >= 4 is 34.4 Å². The van der Waals surface area contributed by atoms with Gasteiger partial charge in [0.15, 0.2) is 0 Å². The fourth-order valence-electron chi connectivity index (χ4n) is 5.72. The molecule has 0 radical (unpaired) electrons. The van der Waals surface area contributed by atoms with Gasteiger partial charge >= 0.3 is 6.09 Å². The highest BCUT2D eigenvalue weighted by atomic mass is 35.5. The molecule has 1 amide bonds. The molecule has 6 rings (SSSR count). The zero-order valence-electron chi connectivity index (χ0n) is 19.0. The minimum atomic E-state index is -0.697. The molecule has 3 aliphatic rings. The molecule has 0 saturated heterocycles. The lowest BCUT2D eigenvalue weighted by Crippen LogP contribution is -2.41. The van der Waals surface area contributed by atoms with Crippen molar-refractivity contribution in [2.75, 3.05) is 5.32 Å². The number of fused-ring (bicyclic) bond motifs is 4. The molecule has 3 aromatic rings. The summed E-state index contributed by atoms with van der Waals surface area (Å²) in [5, 5.41) is 8.37. The predicted molar refractivity (Wildman–Crippen MR) is 130 cm³/mol. The topological polar surface area (TPSA) is 73.1 Å². The van der Waals surface area contributed by atoms with Crippen LogP contribution in [0.1, 0.15) is 61.6 Å². The molecule has 1 fully saturated rings. The number of hydrogen-bond donors (Lipinski definition) is 1. The number of ether oxygens (including phenoxy) is 1. The molecule has 1 N–H and O–H groups in total. The highest BCUT2D eigenvalue weighted by Gasteiger charge is 2.37. The van der Waals surface area contributed by atoms with Crippen molar-refractivity contribution < 1.29 is 18.8 Å². The second-order valence-corrected chi connectivity index (χ2v) is 10.1. The van der Waals surface area contributed by atoms with Crippen molar-refractivity contribution in [3.8, 4) is 5.75 Å². The summed E-state index contributed by atoms with van der Waals surface area (Å²) < 4.78 is 12.8. The number of benzene rings is 2. The van der Waals surface area contributed by atoms with Gasteiger partial charge in [0.2, 0.25) is 0 Å². The molecule has 2 heterocycles. The van der Waals surface area contributed by atoms with Crippen LogP contribution >= 0.6 is 11.6 Å². The number of amides is 1. The van der Waals surface area contributed by atoms with Crippen LogP contribution in [-0.2, 0) is 24.1 Å². The summed E-state index contributed by atoms with van der Waals surface area (Å²) >= 11 is 5.98. The number of anilines is 1. The SMILES string of the molecule is O=C(Nc1cccc(Cl)c1)ON=c1oc2cc3c(cc2c2c1CCC2)CCC1(CCCCC1)O3. The molecule has 1 spiro atoms. The summed E-state index contributed by atoms with van der Waals surface area (Å²) in [4.78, 5) is 17.4. The maximum Gasteiger partial charge on any atom is 0.437 e. The fraction of sp³-hybridized carbons (Fsp3) is 0.407. The minimum absolute atomic E-state index is 0.0234. The van der Waals surface area contributed by atoms with Gasteiger partial charge in [0.25, 0.3) is 5.55 Å². The number of halogens is 1. The first-order valence-electron chi connectivity index (χ1n) is 12.2. The van der Waals surface area contributed by atoms with Gasteiger partial charge in [0, 0.05) is 27.7 Å². The normalized spacial score (nSPS) is 18.9. The van der Waals surface area contributed by atoms with Crippen LogP contribution in [0.5, 0.6) is 5.75 Å².